The molecule has 2 aromatic heterocycles. The Labute approximate surface area is 183 Å². The number of rotatable bonds is 9. The smallest absolute Gasteiger partial charge is 0.147 e. The summed E-state index contributed by atoms with van der Waals surface area (Å²) in [6.07, 6.45) is 10.5. The van der Waals surface area contributed by atoms with Crippen LogP contribution < -0.4 is 9.64 Å². The first-order chi connectivity index (χ1) is 15.1. The number of hydrogen-bond acceptors (Lipinski definition) is 7. The number of hydrogen-bond donors (Lipinski definition) is 1. The van der Waals surface area contributed by atoms with Crippen LogP contribution in [-0.2, 0) is 13.1 Å². The molecule has 0 amide bonds. The molecule has 1 atom stereocenters. The zero-order valence-electron chi connectivity index (χ0n) is 18.0. The highest BCUT2D eigenvalue weighted by Crippen LogP contribution is 2.25. The average Bonchev–Trinajstić information content (AvgIpc) is 3.29. The summed E-state index contributed by atoms with van der Waals surface area (Å²) in [5, 5.41) is 15.4. The van der Waals surface area contributed by atoms with E-state index in [4.69, 9.17) is 4.74 Å². The Morgan fingerprint density at radius 2 is 2.06 bits per heavy atom. The number of aliphatic hydroxyl groups is 1. The topological polar surface area (TPSA) is 79.5 Å². The third kappa shape index (κ3) is 6.02. The number of benzene rings is 1. The number of likely N-dealkylation sites (N-methyl/N-ethyl adjacent to an activating group) is 1. The maximum Gasteiger partial charge on any atom is 0.147 e. The van der Waals surface area contributed by atoms with Gasteiger partial charge in [0.15, 0.2) is 0 Å². The van der Waals surface area contributed by atoms with Crippen molar-refractivity contribution in [1.29, 1.82) is 0 Å². The van der Waals surface area contributed by atoms with E-state index in [2.05, 4.69) is 37.0 Å². The highest BCUT2D eigenvalue weighted by Gasteiger charge is 2.34. The van der Waals surface area contributed by atoms with Crippen molar-refractivity contribution < 1.29 is 9.84 Å². The second-order valence-electron chi connectivity index (χ2n) is 8.25. The lowest BCUT2D eigenvalue weighted by molar-refractivity contribution is -0.00349. The molecule has 1 unspecified atom stereocenters. The Bertz CT molecular complexity index is 919. The fourth-order valence-electron chi connectivity index (χ4n) is 4.14. The molecule has 0 bridgehead atoms. The molecule has 0 spiro atoms. The van der Waals surface area contributed by atoms with E-state index >= 15 is 0 Å². The Kier molecular flexibility index (Phi) is 6.79. The molecule has 0 radical (unpaired) electrons. The molecule has 0 aliphatic carbocycles. The largest absolute Gasteiger partial charge is 0.492 e. The van der Waals surface area contributed by atoms with E-state index in [0.717, 1.165) is 44.0 Å². The Morgan fingerprint density at radius 1 is 1.19 bits per heavy atom. The van der Waals surface area contributed by atoms with Crippen molar-refractivity contribution >= 4 is 5.82 Å². The number of nitrogens with zero attached hydrogens (tertiary/aromatic N) is 6. The van der Waals surface area contributed by atoms with Crippen molar-refractivity contribution in [1.82, 2.24) is 24.6 Å². The van der Waals surface area contributed by atoms with Gasteiger partial charge in [0, 0.05) is 51.0 Å². The molecule has 0 saturated carbocycles. The highest BCUT2D eigenvalue weighted by atomic mass is 16.5. The van der Waals surface area contributed by atoms with Gasteiger partial charge in [0.2, 0.25) is 0 Å². The normalized spacial score (nSPS) is 19.0. The van der Waals surface area contributed by atoms with Gasteiger partial charge in [-0.05, 0) is 43.7 Å². The summed E-state index contributed by atoms with van der Waals surface area (Å²) in [6, 6.07) is 10.1. The first-order valence-corrected chi connectivity index (χ1v) is 10.7. The molecule has 1 aromatic carbocycles. The van der Waals surface area contributed by atoms with Gasteiger partial charge >= 0.3 is 0 Å². The van der Waals surface area contributed by atoms with E-state index < -0.39 is 5.60 Å². The summed E-state index contributed by atoms with van der Waals surface area (Å²) in [6.45, 7) is 4.14. The predicted octanol–water partition coefficient (Wildman–Crippen LogP) is 2.22. The number of aromatic nitrogens is 4. The molecule has 1 aliphatic rings. The third-order valence-corrected chi connectivity index (χ3v) is 5.52. The van der Waals surface area contributed by atoms with Gasteiger partial charge in [-0.25, -0.2) is 4.98 Å². The van der Waals surface area contributed by atoms with Crippen LogP contribution in [0.2, 0.25) is 0 Å². The van der Waals surface area contributed by atoms with Gasteiger partial charge in [0.1, 0.15) is 18.2 Å². The molecular weight excluding hydrogens is 392 g/mol. The van der Waals surface area contributed by atoms with Crippen LogP contribution >= 0.6 is 0 Å². The van der Waals surface area contributed by atoms with Crippen LogP contribution in [0.15, 0.2) is 61.3 Å². The van der Waals surface area contributed by atoms with Crippen molar-refractivity contribution in [2.75, 3.05) is 38.2 Å². The van der Waals surface area contributed by atoms with Gasteiger partial charge in [-0.1, -0.05) is 12.1 Å². The molecule has 3 heterocycles. The Balaban J connectivity index is 1.26. The van der Waals surface area contributed by atoms with Crippen molar-refractivity contribution in [3.63, 3.8) is 0 Å². The lowest BCUT2D eigenvalue weighted by atomic mass is 9.92. The number of piperidine rings is 1. The SMILES string of the molecule is CN(Cc1ccc(OCCn2cccn2)cc1)CC1(O)CCCN(c2cnccn2)C1. The minimum Gasteiger partial charge on any atom is -0.492 e. The summed E-state index contributed by atoms with van der Waals surface area (Å²) in [5.41, 5.74) is 0.423. The lowest BCUT2D eigenvalue weighted by Crippen LogP contribution is -2.54. The predicted molar refractivity (Wildman–Crippen MR) is 119 cm³/mol. The van der Waals surface area contributed by atoms with E-state index in [9.17, 15) is 5.11 Å². The standard InChI is InChI=1S/C23H30N6O2/c1-27(18-23(30)8-2-12-28(19-23)22-16-24-10-11-25-22)17-20-4-6-21(7-5-20)31-15-14-29-13-3-9-26-29/h3-7,9-11,13,16,30H,2,8,12,14-15,17-19H2,1H3. The zero-order valence-corrected chi connectivity index (χ0v) is 18.0. The van der Waals surface area contributed by atoms with Crippen LogP contribution in [0.4, 0.5) is 5.82 Å². The summed E-state index contributed by atoms with van der Waals surface area (Å²) in [5.74, 6) is 1.68. The summed E-state index contributed by atoms with van der Waals surface area (Å²) >= 11 is 0. The van der Waals surface area contributed by atoms with E-state index in [0.29, 0.717) is 19.7 Å². The van der Waals surface area contributed by atoms with Crippen molar-refractivity contribution in [2.24, 2.45) is 0 Å². The number of β-amino-alcohol motifs (C(OH)–C–C–N with tert-alkyl or cyclic N) is 1. The van der Waals surface area contributed by atoms with E-state index in [1.165, 1.54) is 5.56 Å². The van der Waals surface area contributed by atoms with Crippen LogP contribution in [0, 0.1) is 0 Å². The molecule has 4 rings (SSSR count). The minimum atomic E-state index is -0.764. The van der Waals surface area contributed by atoms with Gasteiger partial charge in [0.25, 0.3) is 0 Å². The molecule has 3 aromatic rings. The molecule has 8 nitrogen and oxygen atoms in total. The third-order valence-electron chi connectivity index (χ3n) is 5.52. The molecule has 1 N–H and O–H groups in total. The highest BCUT2D eigenvalue weighted by molar-refractivity contribution is 5.36. The second kappa shape index (κ2) is 9.89. The van der Waals surface area contributed by atoms with Gasteiger partial charge in [-0.3, -0.25) is 14.6 Å². The zero-order chi connectivity index (χ0) is 21.5. The molecule has 1 fully saturated rings. The van der Waals surface area contributed by atoms with Crippen LogP contribution in [0.3, 0.4) is 0 Å². The first-order valence-electron chi connectivity index (χ1n) is 10.7. The van der Waals surface area contributed by atoms with E-state index in [1.54, 1.807) is 24.8 Å². The van der Waals surface area contributed by atoms with Crippen LogP contribution in [0.25, 0.3) is 0 Å². The van der Waals surface area contributed by atoms with E-state index in [-0.39, 0.29) is 0 Å². The maximum atomic E-state index is 11.2. The maximum absolute atomic E-state index is 11.2. The lowest BCUT2D eigenvalue weighted by Gasteiger charge is -2.41. The Morgan fingerprint density at radius 3 is 2.81 bits per heavy atom. The molecule has 164 valence electrons. The van der Waals surface area contributed by atoms with Crippen LogP contribution in [-0.4, -0.2) is 68.6 Å². The second-order valence-corrected chi connectivity index (χ2v) is 8.25. The van der Waals surface area contributed by atoms with Gasteiger partial charge in [-0.15, -0.1) is 0 Å². The molecule has 1 saturated heterocycles. The molecule has 1 aliphatic heterocycles. The van der Waals surface area contributed by atoms with Crippen LogP contribution in [0.1, 0.15) is 18.4 Å². The fraction of sp³-hybridized carbons (Fsp3) is 0.435. The van der Waals surface area contributed by atoms with Crippen molar-refractivity contribution in [2.45, 2.75) is 31.5 Å². The minimum absolute atomic E-state index is 0.569. The summed E-state index contributed by atoms with van der Waals surface area (Å²) in [7, 11) is 2.05. The average molecular weight is 423 g/mol. The van der Waals surface area contributed by atoms with Crippen molar-refractivity contribution in [3.05, 3.63) is 66.9 Å². The first kappa shape index (κ1) is 21.3. The van der Waals surface area contributed by atoms with E-state index in [1.807, 2.05) is 36.1 Å². The van der Waals surface area contributed by atoms with Crippen LogP contribution in [0.5, 0.6) is 5.75 Å². The number of ether oxygens (including phenoxy) is 1. The van der Waals surface area contributed by atoms with Gasteiger partial charge in [0.05, 0.1) is 18.3 Å². The molecule has 31 heavy (non-hydrogen) atoms. The Hall–Kier alpha value is -2.97. The quantitative estimate of drug-likeness (QED) is 0.566. The molecule has 8 heteroatoms. The fourth-order valence-corrected chi connectivity index (χ4v) is 4.14. The summed E-state index contributed by atoms with van der Waals surface area (Å²) < 4.78 is 7.65. The summed E-state index contributed by atoms with van der Waals surface area (Å²) in [4.78, 5) is 12.8. The number of anilines is 1. The monoisotopic (exact) mass is 422 g/mol. The van der Waals surface area contributed by atoms with Gasteiger partial charge in [-0.2, -0.15) is 5.10 Å². The molecular formula is C23H30N6O2. The van der Waals surface area contributed by atoms with Gasteiger partial charge < -0.3 is 14.7 Å². The van der Waals surface area contributed by atoms with Crippen molar-refractivity contribution in [3.8, 4) is 5.75 Å².